The quantitative estimate of drug-likeness (QED) is 0.352. The van der Waals surface area contributed by atoms with Gasteiger partial charge in [0, 0.05) is 27.1 Å². The molecule has 3 aromatic rings. The standard InChI is InChI=1S/C21H18BrFN4O2/c1-13-11-15(14(2)27(13)19-6-4-3-5-18(19)23)12-24-26-21(29)20(28)25-17-9-7-16(22)8-10-17/h3-12H,1-2H3,(H,25,28)(H,26,29)/b24-12-. The summed E-state index contributed by atoms with van der Waals surface area (Å²) >= 11 is 3.29. The van der Waals surface area contributed by atoms with Crippen molar-refractivity contribution >= 4 is 39.6 Å². The van der Waals surface area contributed by atoms with Crippen LogP contribution in [-0.2, 0) is 9.59 Å². The van der Waals surface area contributed by atoms with E-state index in [1.807, 2.05) is 19.9 Å². The molecule has 3 rings (SSSR count). The molecule has 29 heavy (non-hydrogen) atoms. The van der Waals surface area contributed by atoms with E-state index >= 15 is 0 Å². The van der Waals surface area contributed by atoms with Gasteiger partial charge in [0.15, 0.2) is 0 Å². The molecule has 8 heteroatoms. The molecule has 2 aromatic carbocycles. The van der Waals surface area contributed by atoms with Crippen LogP contribution in [0.3, 0.4) is 0 Å². The molecule has 148 valence electrons. The molecule has 2 N–H and O–H groups in total. The summed E-state index contributed by atoms with van der Waals surface area (Å²) < 4.78 is 16.8. The van der Waals surface area contributed by atoms with Gasteiger partial charge >= 0.3 is 11.8 Å². The van der Waals surface area contributed by atoms with Crippen LogP contribution in [0.5, 0.6) is 0 Å². The Bertz CT molecular complexity index is 1090. The smallest absolute Gasteiger partial charge is 0.318 e. The summed E-state index contributed by atoms with van der Waals surface area (Å²) in [6.07, 6.45) is 1.42. The average molecular weight is 457 g/mol. The van der Waals surface area contributed by atoms with E-state index in [9.17, 15) is 14.0 Å². The summed E-state index contributed by atoms with van der Waals surface area (Å²) in [6.45, 7) is 3.67. The third-order valence-corrected chi connectivity index (χ3v) is 4.77. The van der Waals surface area contributed by atoms with Gasteiger partial charge in [0.2, 0.25) is 0 Å². The van der Waals surface area contributed by atoms with Gasteiger partial charge in [-0.05, 0) is 56.3 Å². The first-order valence-corrected chi connectivity index (χ1v) is 9.50. The van der Waals surface area contributed by atoms with Gasteiger partial charge in [-0.1, -0.05) is 28.1 Å². The number of hydrogen-bond acceptors (Lipinski definition) is 3. The predicted molar refractivity (Wildman–Crippen MR) is 114 cm³/mol. The average Bonchev–Trinajstić information content (AvgIpc) is 2.97. The van der Waals surface area contributed by atoms with Crippen molar-refractivity contribution in [2.24, 2.45) is 5.10 Å². The van der Waals surface area contributed by atoms with Crippen molar-refractivity contribution < 1.29 is 14.0 Å². The summed E-state index contributed by atoms with van der Waals surface area (Å²) in [5, 5.41) is 6.33. The number of hydrazone groups is 1. The first-order valence-electron chi connectivity index (χ1n) is 8.70. The van der Waals surface area contributed by atoms with Crippen LogP contribution in [0, 0.1) is 19.7 Å². The number of carbonyl (C=O) groups is 2. The lowest BCUT2D eigenvalue weighted by Crippen LogP contribution is -2.32. The van der Waals surface area contributed by atoms with Crippen LogP contribution in [0.1, 0.15) is 17.0 Å². The summed E-state index contributed by atoms with van der Waals surface area (Å²) in [7, 11) is 0. The maximum Gasteiger partial charge on any atom is 0.329 e. The number of aryl methyl sites for hydroxylation is 1. The minimum Gasteiger partial charge on any atom is -0.318 e. The van der Waals surface area contributed by atoms with Crippen molar-refractivity contribution in [3.8, 4) is 5.69 Å². The number of nitrogens with zero attached hydrogens (tertiary/aromatic N) is 2. The summed E-state index contributed by atoms with van der Waals surface area (Å²) in [4.78, 5) is 23.9. The number of anilines is 1. The number of amides is 2. The van der Waals surface area contributed by atoms with Crippen LogP contribution in [0.25, 0.3) is 5.69 Å². The maximum atomic E-state index is 14.1. The van der Waals surface area contributed by atoms with E-state index in [4.69, 9.17) is 0 Å². The van der Waals surface area contributed by atoms with Gasteiger partial charge in [0.1, 0.15) is 5.82 Å². The lowest BCUT2D eigenvalue weighted by atomic mass is 10.2. The Morgan fingerprint density at radius 2 is 1.76 bits per heavy atom. The lowest BCUT2D eigenvalue weighted by molar-refractivity contribution is -0.136. The van der Waals surface area contributed by atoms with Gasteiger partial charge in [-0.2, -0.15) is 5.10 Å². The maximum absolute atomic E-state index is 14.1. The number of benzene rings is 2. The van der Waals surface area contributed by atoms with Crippen LogP contribution in [0.2, 0.25) is 0 Å². The van der Waals surface area contributed by atoms with Gasteiger partial charge < -0.3 is 9.88 Å². The van der Waals surface area contributed by atoms with Gasteiger partial charge in [0.25, 0.3) is 0 Å². The number of para-hydroxylation sites is 1. The largest absolute Gasteiger partial charge is 0.329 e. The molecule has 0 aliphatic heterocycles. The lowest BCUT2D eigenvalue weighted by Gasteiger charge is -2.10. The molecule has 0 saturated carbocycles. The molecule has 0 spiro atoms. The Morgan fingerprint density at radius 3 is 2.45 bits per heavy atom. The Hall–Kier alpha value is -3.26. The van der Waals surface area contributed by atoms with E-state index in [0.717, 1.165) is 15.9 Å². The molecule has 0 aliphatic rings. The van der Waals surface area contributed by atoms with E-state index in [1.165, 1.54) is 12.3 Å². The number of rotatable bonds is 4. The number of nitrogens with one attached hydrogen (secondary N) is 2. The number of hydrogen-bond donors (Lipinski definition) is 2. The van der Waals surface area contributed by atoms with Gasteiger partial charge in [0.05, 0.1) is 11.9 Å². The minimum absolute atomic E-state index is 0.337. The van der Waals surface area contributed by atoms with Crippen molar-refractivity contribution in [3.63, 3.8) is 0 Å². The van der Waals surface area contributed by atoms with Crippen molar-refractivity contribution in [2.45, 2.75) is 13.8 Å². The van der Waals surface area contributed by atoms with E-state index < -0.39 is 11.8 Å². The highest BCUT2D eigenvalue weighted by Crippen LogP contribution is 2.21. The number of halogens is 2. The molecule has 0 saturated heterocycles. The summed E-state index contributed by atoms with van der Waals surface area (Å²) in [5.41, 5.74) is 5.38. The fraction of sp³-hybridized carbons (Fsp3) is 0.0952. The molecule has 0 unspecified atom stereocenters. The van der Waals surface area contributed by atoms with Crippen LogP contribution in [0.15, 0.2) is 64.2 Å². The Kier molecular flexibility index (Phi) is 6.23. The Balaban J connectivity index is 1.68. The molecule has 1 aromatic heterocycles. The third kappa shape index (κ3) is 4.78. The van der Waals surface area contributed by atoms with Gasteiger partial charge in [-0.3, -0.25) is 9.59 Å². The fourth-order valence-corrected chi connectivity index (χ4v) is 3.12. The highest BCUT2D eigenvalue weighted by atomic mass is 79.9. The van der Waals surface area contributed by atoms with E-state index in [1.54, 1.807) is 47.0 Å². The SMILES string of the molecule is Cc1cc(/C=N\NC(=O)C(=O)Nc2ccc(Br)cc2)c(C)n1-c1ccccc1F. The molecular weight excluding hydrogens is 439 g/mol. The fourth-order valence-electron chi connectivity index (χ4n) is 2.85. The second-order valence-corrected chi connectivity index (χ2v) is 7.19. The molecule has 0 fully saturated rings. The number of aromatic nitrogens is 1. The third-order valence-electron chi connectivity index (χ3n) is 4.24. The van der Waals surface area contributed by atoms with Crippen LogP contribution >= 0.6 is 15.9 Å². The van der Waals surface area contributed by atoms with Gasteiger partial charge in [-0.15, -0.1) is 0 Å². The molecule has 0 radical (unpaired) electrons. The molecule has 6 nitrogen and oxygen atoms in total. The first kappa shape index (κ1) is 20.5. The molecule has 1 heterocycles. The summed E-state index contributed by atoms with van der Waals surface area (Å²) in [5.74, 6) is -2.07. The first-order chi connectivity index (χ1) is 13.9. The molecule has 0 atom stereocenters. The van der Waals surface area contributed by atoms with E-state index in [-0.39, 0.29) is 5.82 Å². The van der Waals surface area contributed by atoms with Crippen molar-refractivity contribution in [1.29, 1.82) is 0 Å². The van der Waals surface area contributed by atoms with Gasteiger partial charge in [-0.25, -0.2) is 9.82 Å². The van der Waals surface area contributed by atoms with Crippen molar-refractivity contribution in [1.82, 2.24) is 9.99 Å². The Morgan fingerprint density at radius 1 is 1.07 bits per heavy atom. The molecular formula is C21H18BrFN4O2. The zero-order valence-electron chi connectivity index (χ0n) is 15.7. The van der Waals surface area contributed by atoms with Crippen LogP contribution in [0.4, 0.5) is 10.1 Å². The summed E-state index contributed by atoms with van der Waals surface area (Å²) in [6, 6.07) is 15.1. The molecule has 2 amide bonds. The van der Waals surface area contributed by atoms with Crippen LogP contribution in [-0.4, -0.2) is 22.6 Å². The van der Waals surface area contributed by atoms with E-state index in [2.05, 4.69) is 31.8 Å². The second-order valence-electron chi connectivity index (χ2n) is 6.27. The highest BCUT2D eigenvalue weighted by Gasteiger charge is 2.14. The number of carbonyl (C=O) groups excluding carboxylic acids is 2. The monoisotopic (exact) mass is 456 g/mol. The second kappa shape index (κ2) is 8.83. The highest BCUT2D eigenvalue weighted by molar-refractivity contribution is 9.10. The molecule has 0 bridgehead atoms. The van der Waals surface area contributed by atoms with Crippen molar-refractivity contribution in [3.05, 3.63) is 81.8 Å². The Labute approximate surface area is 175 Å². The predicted octanol–water partition coefficient (Wildman–Crippen LogP) is 4.08. The molecule has 0 aliphatic carbocycles. The topological polar surface area (TPSA) is 75.5 Å². The zero-order valence-corrected chi connectivity index (χ0v) is 17.3. The van der Waals surface area contributed by atoms with E-state index in [0.29, 0.717) is 16.9 Å². The minimum atomic E-state index is -0.896. The normalized spacial score (nSPS) is 10.9. The zero-order chi connectivity index (χ0) is 21.0. The van der Waals surface area contributed by atoms with Crippen LogP contribution < -0.4 is 10.7 Å². The van der Waals surface area contributed by atoms with Crippen molar-refractivity contribution in [2.75, 3.05) is 5.32 Å².